The van der Waals surface area contributed by atoms with Crippen LogP contribution < -0.4 is 0 Å². The van der Waals surface area contributed by atoms with Crippen LogP contribution in [0.5, 0.6) is 0 Å². The van der Waals surface area contributed by atoms with Gasteiger partial charge in [0.15, 0.2) is 0 Å². The molecule has 0 aromatic heterocycles. The highest BCUT2D eigenvalue weighted by atomic mass is 79.9. The molecule has 2 heteroatoms. The summed E-state index contributed by atoms with van der Waals surface area (Å²) in [6.45, 7) is 0. The van der Waals surface area contributed by atoms with Crippen LogP contribution >= 0.6 is 15.9 Å². The molecular weight excluding hydrogens is 238 g/mol. The number of hydrogen-bond acceptors (Lipinski definition) is 1. The van der Waals surface area contributed by atoms with Gasteiger partial charge in [-0.15, -0.1) is 0 Å². The average Bonchev–Trinajstić information content (AvgIpc) is 2.65. The molecule has 0 aliphatic heterocycles. The Morgan fingerprint density at radius 1 is 1.14 bits per heavy atom. The zero-order valence-corrected chi connectivity index (χ0v) is 10.2. The van der Waals surface area contributed by atoms with Crippen molar-refractivity contribution < 1.29 is 0 Å². The Morgan fingerprint density at radius 2 is 1.71 bits per heavy atom. The van der Waals surface area contributed by atoms with E-state index in [0.29, 0.717) is 4.32 Å². The fourth-order valence-corrected chi connectivity index (χ4v) is 4.31. The molecule has 3 atom stereocenters. The Labute approximate surface area is 95.0 Å². The lowest BCUT2D eigenvalue weighted by Gasteiger charge is -2.05. The van der Waals surface area contributed by atoms with Crippen molar-refractivity contribution in [3.05, 3.63) is 0 Å². The molecule has 78 valence electrons. The first-order valence-electron chi connectivity index (χ1n) is 5.85. The lowest BCUT2D eigenvalue weighted by Crippen LogP contribution is -2.02. The highest BCUT2D eigenvalue weighted by Gasteiger charge is 2.60. The second kappa shape index (κ2) is 4.23. The number of nitriles is 1. The summed E-state index contributed by atoms with van der Waals surface area (Å²) in [5.74, 6) is 1.77. The molecule has 2 saturated carbocycles. The topological polar surface area (TPSA) is 23.8 Å². The third kappa shape index (κ3) is 1.84. The fourth-order valence-electron chi connectivity index (χ4n) is 3.15. The Morgan fingerprint density at radius 3 is 2.21 bits per heavy atom. The van der Waals surface area contributed by atoms with E-state index in [4.69, 9.17) is 5.26 Å². The molecule has 14 heavy (non-hydrogen) atoms. The van der Waals surface area contributed by atoms with Crippen molar-refractivity contribution in [2.45, 2.75) is 55.7 Å². The second-order valence-electron chi connectivity index (χ2n) is 4.79. The molecule has 1 unspecified atom stereocenters. The number of fused-ring (bicyclic) bond motifs is 1. The van der Waals surface area contributed by atoms with Gasteiger partial charge in [0.1, 0.15) is 0 Å². The molecule has 0 spiro atoms. The van der Waals surface area contributed by atoms with Crippen molar-refractivity contribution in [2.24, 2.45) is 11.8 Å². The number of rotatable bonds is 2. The first kappa shape index (κ1) is 10.5. The quantitative estimate of drug-likeness (QED) is 0.684. The van der Waals surface area contributed by atoms with Gasteiger partial charge in [0.2, 0.25) is 0 Å². The molecule has 2 aliphatic carbocycles. The number of alkyl halides is 1. The monoisotopic (exact) mass is 255 g/mol. The minimum atomic E-state index is 0.368. The van der Waals surface area contributed by atoms with Crippen molar-refractivity contribution in [2.75, 3.05) is 0 Å². The van der Waals surface area contributed by atoms with Crippen molar-refractivity contribution in [3.8, 4) is 6.07 Å². The highest BCUT2D eigenvalue weighted by Crippen LogP contribution is 2.64. The van der Waals surface area contributed by atoms with E-state index < -0.39 is 0 Å². The van der Waals surface area contributed by atoms with Crippen molar-refractivity contribution >= 4 is 15.9 Å². The van der Waals surface area contributed by atoms with E-state index in [9.17, 15) is 0 Å². The molecule has 0 saturated heterocycles. The van der Waals surface area contributed by atoms with Crippen molar-refractivity contribution in [3.63, 3.8) is 0 Å². The summed E-state index contributed by atoms with van der Waals surface area (Å²) in [6, 6.07) is 2.28. The minimum absolute atomic E-state index is 0.368. The highest BCUT2D eigenvalue weighted by molar-refractivity contribution is 9.10. The Hall–Kier alpha value is -0.0300. The van der Waals surface area contributed by atoms with Crippen LogP contribution in [0.25, 0.3) is 0 Å². The molecule has 0 radical (unpaired) electrons. The molecule has 0 heterocycles. The molecule has 2 fully saturated rings. The zero-order valence-electron chi connectivity index (χ0n) is 8.64. The Bertz CT molecular complexity index is 229. The van der Waals surface area contributed by atoms with E-state index in [1.54, 1.807) is 0 Å². The molecule has 2 rings (SSSR count). The molecule has 0 bridgehead atoms. The lowest BCUT2D eigenvalue weighted by atomic mass is 10.0. The van der Waals surface area contributed by atoms with E-state index in [1.165, 1.54) is 38.5 Å². The van der Waals surface area contributed by atoms with Gasteiger partial charge in [-0.25, -0.2) is 0 Å². The third-order valence-electron chi connectivity index (χ3n) is 4.01. The molecule has 0 N–H and O–H groups in total. The van der Waals surface area contributed by atoms with Gasteiger partial charge in [-0.2, -0.15) is 5.26 Å². The minimum Gasteiger partial charge on any atom is -0.198 e. The molecule has 0 amide bonds. The van der Waals surface area contributed by atoms with E-state index in [-0.39, 0.29) is 0 Å². The summed E-state index contributed by atoms with van der Waals surface area (Å²) in [4.78, 5) is 0. The van der Waals surface area contributed by atoms with Crippen LogP contribution in [-0.4, -0.2) is 4.32 Å². The maximum atomic E-state index is 8.63. The van der Waals surface area contributed by atoms with Crippen LogP contribution in [0, 0.1) is 23.2 Å². The molecule has 0 aromatic carbocycles. The van der Waals surface area contributed by atoms with Gasteiger partial charge in [0, 0.05) is 10.7 Å². The van der Waals surface area contributed by atoms with E-state index in [1.807, 2.05) is 0 Å². The van der Waals surface area contributed by atoms with Crippen LogP contribution in [0.3, 0.4) is 0 Å². The van der Waals surface area contributed by atoms with Crippen LogP contribution in [0.2, 0.25) is 0 Å². The second-order valence-corrected chi connectivity index (χ2v) is 6.27. The van der Waals surface area contributed by atoms with Crippen LogP contribution in [0.4, 0.5) is 0 Å². The van der Waals surface area contributed by atoms with Gasteiger partial charge >= 0.3 is 0 Å². The van der Waals surface area contributed by atoms with Crippen LogP contribution in [-0.2, 0) is 0 Å². The molecular formula is C12H18BrN. The lowest BCUT2D eigenvalue weighted by molar-refractivity contribution is 0.485. The largest absolute Gasteiger partial charge is 0.198 e. The fraction of sp³-hybridized carbons (Fsp3) is 0.917. The van der Waals surface area contributed by atoms with Gasteiger partial charge in [-0.05, 0) is 31.1 Å². The smallest absolute Gasteiger partial charge is 0.0622 e. The number of halogens is 1. The number of nitrogens with zero attached hydrogens (tertiary/aromatic N) is 1. The summed E-state index contributed by atoms with van der Waals surface area (Å²) >= 11 is 3.90. The summed E-state index contributed by atoms with van der Waals surface area (Å²) in [5.41, 5.74) is 0. The standard InChI is InChI=1S/C12H18BrN/c13-12(8-5-9-14)10-6-3-1-2-4-7-11(10)12/h10-11H,1-8H2/t10-,11+,12?. The summed E-state index contributed by atoms with van der Waals surface area (Å²) in [7, 11) is 0. The Kier molecular flexibility index (Phi) is 3.17. The predicted octanol–water partition coefficient (Wildman–Crippen LogP) is 4.02. The van der Waals surface area contributed by atoms with E-state index in [0.717, 1.165) is 24.7 Å². The van der Waals surface area contributed by atoms with Gasteiger partial charge in [0.25, 0.3) is 0 Å². The van der Waals surface area contributed by atoms with Gasteiger partial charge in [-0.1, -0.05) is 41.6 Å². The zero-order chi connectivity index (χ0) is 10.0. The van der Waals surface area contributed by atoms with Gasteiger partial charge < -0.3 is 0 Å². The Balaban J connectivity index is 1.92. The van der Waals surface area contributed by atoms with Gasteiger partial charge in [0.05, 0.1) is 6.07 Å². The first-order chi connectivity index (χ1) is 6.79. The van der Waals surface area contributed by atoms with Crippen molar-refractivity contribution in [1.82, 2.24) is 0 Å². The number of hydrogen-bond donors (Lipinski definition) is 0. The predicted molar refractivity (Wildman–Crippen MR) is 61.2 cm³/mol. The summed E-state index contributed by atoms with van der Waals surface area (Å²) in [5, 5.41) is 8.63. The normalized spacial score (nSPS) is 41.7. The van der Waals surface area contributed by atoms with E-state index in [2.05, 4.69) is 22.0 Å². The molecule has 1 nitrogen and oxygen atoms in total. The SMILES string of the molecule is N#CCCC1(Br)[C@@H]2CCCCCC[C@@H]21. The van der Waals surface area contributed by atoms with Crippen LogP contribution in [0.1, 0.15) is 51.4 Å². The first-order valence-corrected chi connectivity index (χ1v) is 6.64. The van der Waals surface area contributed by atoms with Gasteiger partial charge in [-0.3, -0.25) is 0 Å². The average molecular weight is 256 g/mol. The van der Waals surface area contributed by atoms with Crippen molar-refractivity contribution in [1.29, 1.82) is 5.26 Å². The maximum Gasteiger partial charge on any atom is 0.0622 e. The van der Waals surface area contributed by atoms with E-state index >= 15 is 0 Å². The summed E-state index contributed by atoms with van der Waals surface area (Å²) < 4.78 is 0.368. The summed E-state index contributed by atoms with van der Waals surface area (Å²) in [6.07, 6.45) is 10.2. The third-order valence-corrected chi connectivity index (χ3v) is 5.58. The molecule has 0 aromatic rings. The maximum absolute atomic E-state index is 8.63. The van der Waals surface area contributed by atoms with Crippen LogP contribution in [0.15, 0.2) is 0 Å². The molecule has 2 aliphatic rings.